The van der Waals surface area contributed by atoms with Gasteiger partial charge in [0, 0.05) is 0 Å². The van der Waals surface area contributed by atoms with Gasteiger partial charge in [0.15, 0.2) is 6.29 Å². The number of aliphatic hydroxyl groups is 5. The fourth-order valence-corrected chi connectivity index (χ4v) is 10.2. The normalized spacial score (nSPS) is 49.9. The van der Waals surface area contributed by atoms with Gasteiger partial charge in [-0.15, -0.1) is 0 Å². The van der Waals surface area contributed by atoms with Crippen LogP contribution in [-0.4, -0.2) is 74.0 Å². The minimum absolute atomic E-state index is 0.0844. The summed E-state index contributed by atoms with van der Waals surface area (Å²) in [4.78, 5) is 0. The fourth-order valence-electron chi connectivity index (χ4n) is 10.2. The van der Waals surface area contributed by atoms with Crippen molar-refractivity contribution in [3.63, 3.8) is 0 Å². The molecule has 15 atom stereocenters. The Kier molecular flexibility index (Phi) is 8.89. The van der Waals surface area contributed by atoms with Crippen molar-refractivity contribution in [3.05, 3.63) is 11.6 Å². The Morgan fingerprint density at radius 1 is 1.00 bits per heavy atom. The van der Waals surface area contributed by atoms with Crippen LogP contribution in [-0.2, 0) is 9.47 Å². The van der Waals surface area contributed by atoms with Gasteiger partial charge in [-0.3, -0.25) is 0 Å². The van der Waals surface area contributed by atoms with Crippen LogP contribution in [0.1, 0.15) is 106 Å². The second-order valence-corrected chi connectivity index (χ2v) is 15.9. The van der Waals surface area contributed by atoms with E-state index in [9.17, 15) is 25.5 Å². The molecule has 0 spiro atoms. The molecule has 41 heavy (non-hydrogen) atoms. The Morgan fingerprint density at radius 2 is 1.71 bits per heavy atom. The summed E-state index contributed by atoms with van der Waals surface area (Å²) in [6, 6.07) is 0. The van der Waals surface area contributed by atoms with Gasteiger partial charge in [0.05, 0.1) is 23.9 Å². The minimum atomic E-state index is -1.28. The van der Waals surface area contributed by atoms with Crippen LogP contribution in [0.2, 0.25) is 0 Å². The molecular weight excluding hydrogens is 520 g/mol. The van der Waals surface area contributed by atoms with Crippen molar-refractivity contribution < 1.29 is 35.0 Å². The molecule has 5 aliphatic rings. The highest BCUT2D eigenvalue weighted by Gasteiger charge is 2.61. The van der Waals surface area contributed by atoms with Gasteiger partial charge >= 0.3 is 0 Å². The molecule has 1 heterocycles. The molecule has 7 heteroatoms. The summed E-state index contributed by atoms with van der Waals surface area (Å²) >= 11 is 0. The maximum Gasteiger partial charge on any atom is 0.186 e. The largest absolute Gasteiger partial charge is 0.393 e. The highest BCUT2D eigenvalue weighted by atomic mass is 16.7. The van der Waals surface area contributed by atoms with E-state index in [0.717, 1.165) is 51.4 Å². The third-order valence-corrected chi connectivity index (χ3v) is 13.2. The van der Waals surface area contributed by atoms with Crippen LogP contribution in [0.3, 0.4) is 0 Å². The van der Waals surface area contributed by atoms with Crippen molar-refractivity contribution in [2.75, 3.05) is 0 Å². The molecule has 5 N–H and O–H groups in total. The van der Waals surface area contributed by atoms with Crippen molar-refractivity contribution in [1.82, 2.24) is 0 Å². The molecule has 2 unspecified atom stereocenters. The summed E-state index contributed by atoms with van der Waals surface area (Å²) in [5, 5.41) is 52.7. The van der Waals surface area contributed by atoms with Crippen LogP contribution in [0.25, 0.3) is 0 Å². The molecule has 0 aromatic carbocycles. The summed E-state index contributed by atoms with van der Waals surface area (Å²) in [5.41, 5.74) is 1.06. The third kappa shape index (κ3) is 5.60. The number of ether oxygens (including phenoxy) is 2. The Hall–Kier alpha value is -0.540. The van der Waals surface area contributed by atoms with Crippen molar-refractivity contribution >= 4 is 0 Å². The molecule has 1 aliphatic heterocycles. The Balaban J connectivity index is 1.26. The van der Waals surface area contributed by atoms with Crippen LogP contribution in [0.15, 0.2) is 11.6 Å². The van der Waals surface area contributed by atoms with E-state index in [-0.39, 0.29) is 29.0 Å². The van der Waals surface area contributed by atoms with Gasteiger partial charge in [-0.1, -0.05) is 39.3 Å². The van der Waals surface area contributed by atoms with E-state index in [1.165, 1.54) is 12.0 Å². The highest BCUT2D eigenvalue weighted by molar-refractivity contribution is 5.26. The molecule has 0 aromatic rings. The zero-order valence-electron chi connectivity index (χ0n) is 26.5. The topological polar surface area (TPSA) is 120 Å². The van der Waals surface area contributed by atoms with Crippen LogP contribution in [0, 0.1) is 46.3 Å². The molecule has 236 valence electrons. The first-order valence-corrected chi connectivity index (χ1v) is 16.5. The molecule has 0 amide bonds. The average Bonchev–Trinajstić information content (AvgIpc) is 3.18. The summed E-state index contributed by atoms with van der Waals surface area (Å²) < 4.78 is 12.0. The lowest BCUT2D eigenvalue weighted by atomic mass is 9.47. The Bertz CT molecular complexity index is 961. The van der Waals surface area contributed by atoms with E-state index in [2.05, 4.69) is 33.8 Å². The van der Waals surface area contributed by atoms with E-state index < -0.39 is 36.3 Å². The first kappa shape index (κ1) is 31.9. The van der Waals surface area contributed by atoms with Gasteiger partial charge in [0.2, 0.25) is 0 Å². The molecule has 7 nitrogen and oxygen atoms in total. The first-order valence-electron chi connectivity index (χ1n) is 16.5. The van der Waals surface area contributed by atoms with E-state index >= 15 is 0 Å². The maximum absolute atomic E-state index is 11.5. The molecule has 3 saturated carbocycles. The van der Waals surface area contributed by atoms with Crippen molar-refractivity contribution in [2.24, 2.45) is 46.3 Å². The lowest BCUT2D eigenvalue weighted by Gasteiger charge is -2.58. The summed E-state index contributed by atoms with van der Waals surface area (Å²) in [7, 11) is 0. The monoisotopic (exact) mass is 578 g/mol. The third-order valence-electron chi connectivity index (χ3n) is 13.2. The smallest absolute Gasteiger partial charge is 0.186 e. The summed E-state index contributed by atoms with van der Waals surface area (Å²) in [5.74, 6) is 2.69. The zero-order chi connectivity index (χ0) is 30.1. The highest BCUT2D eigenvalue weighted by Crippen LogP contribution is 2.67. The standard InChI is InChI=1S/C34H58O7/c1-18(8-9-19(2)32(4,5)39)27-26(35)17-25-23-11-10-21-16-22(41-31-30(38)29(37)28(36)20(3)40-31)12-14-33(21,6)24(23)13-15-34(25,27)7/h10,18-20,22-31,35-39H,8-9,11-17H2,1-7H3/t18-,19+,20+,22?,23-,24+,25+,26?,27+,28-,29-,30+,31+,33+,34+/m1/s1. The molecule has 5 rings (SSSR count). The van der Waals surface area contributed by atoms with E-state index in [4.69, 9.17) is 9.47 Å². The predicted octanol–water partition coefficient (Wildman–Crippen LogP) is 4.57. The Morgan fingerprint density at radius 3 is 2.39 bits per heavy atom. The van der Waals surface area contributed by atoms with Crippen LogP contribution in [0.4, 0.5) is 0 Å². The van der Waals surface area contributed by atoms with E-state index in [1.807, 2.05) is 13.8 Å². The Labute approximate surface area is 247 Å². The molecule has 1 saturated heterocycles. The SMILES string of the molecule is C[C@H](CC[C@H](C)C(C)(C)O)[C@H]1C(O)C[C@H]2[C@@H]3CC=C4CC(O[C@@H]5O[C@@H](C)[C@@H](O)[C@@H](O)[C@@H]5O)CC[C@]4(C)[C@H]3CC[C@]12C. The lowest BCUT2D eigenvalue weighted by molar-refractivity contribution is -0.305. The van der Waals surface area contributed by atoms with Gasteiger partial charge in [0.25, 0.3) is 0 Å². The van der Waals surface area contributed by atoms with Crippen molar-refractivity contribution in [1.29, 1.82) is 0 Å². The second kappa shape index (κ2) is 11.4. The lowest BCUT2D eigenvalue weighted by Crippen LogP contribution is -2.58. The summed E-state index contributed by atoms with van der Waals surface area (Å²) in [6.45, 7) is 14.9. The van der Waals surface area contributed by atoms with Crippen molar-refractivity contribution in [2.45, 2.75) is 155 Å². The number of allylic oxidation sites excluding steroid dienone is 1. The number of hydrogen-bond acceptors (Lipinski definition) is 7. The van der Waals surface area contributed by atoms with Gasteiger partial charge in [-0.05, 0) is 125 Å². The van der Waals surface area contributed by atoms with E-state index in [0.29, 0.717) is 29.6 Å². The quantitative estimate of drug-likeness (QED) is 0.281. The van der Waals surface area contributed by atoms with Crippen LogP contribution in [0.5, 0.6) is 0 Å². The first-order chi connectivity index (χ1) is 19.1. The van der Waals surface area contributed by atoms with Crippen LogP contribution < -0.4 is 0 Å². The van der Waals surface area contributed by atoms with Crippen molar-refractivity contribution in [3.8, 4) is 0 Å². The van der Waals surface area contributed by atoms with E-state index in [1.54, 1.807) is 6.92 Å². The van der Waals surface area contributed by atoms with Gasteiger partial charge < -0.3 is 35.0 Å². The number of hydrogen-bond donors (Lipinski definition) is 5. The second-order valence-electron chi connectivity index (χ2n) is 15.9. The number of fused-ring (bicyclic) bond motifs is 5. The maximum atomic E-state index is 11.5. The minimum Gasteiger partial charge on any atom is -0.393 e. The molecule has 4 fully saturated rings. The molecule has 0 radical (unpaired) electrons. The van der Waals surface area contributed by atoms with Gasteiger partial charge in [-0.25, -0.2) is 0 Å². The van der Waals surface area contributed by atoms with Crippen LogP contribution >= 0.6 is 0 Å². The molecule has 0 aromatic heterocycles. The zero-order valence-corrected chi connectivity index (χ0v) is 26.5. The van der Waals surface area contributed by atoms with Gasteiger partial charge in [0.1, 0.15) is 18.3 Å². The predicted molar refractivity (Wildman–Crippen MR) is 158 cm³/mol. The number of rotatable bonds is 7. The number of aliphatic hydroxyl groups excluding tert-OH is 4. The fraction of sp³-hybridized carbons (Fsp3) is 0.941. The average molecular weight is 579 g/mol. The molecule has 0 bridgehead atoms. The summed E-state index contributed by atoms with van der Waals surface area (Å²) in [6.07, 6.45) is 5.97. The molecular formula is C34H58O7. The molecule has 4 aliphatic carbocycles. The van der Waals surface area contributed by atoms with Gasteiger partial charge in [-0.2, -0.15) is 0 Å².